The van der Waals surface area contributed by atoms with Crippen molar-refractivity contribution in [2.75, 3.05) is 0 Å². The van der Waals surface area contributed by atoms with E-state index in [4.69, 9.17) is 5.26 Å². The summed E-state index contributed by atoms with van der Waals surface area (Å²) < 4.78 is 0. The Morgan fingerprint density at radius 2 is 2.45 bits per heavy atom. The predicted molar refractivity (Wildman–Crippen MR) is 43.5 cm³/mol. The maximum absolute atomic E-state index is 8.22. The van der Waals surface area contributed by atoms with Crippen molar-refractivity contribution in [3.63, 3.8) is 0 Å². The highest BCUT2D eigenvalue weighted by Crippen LogP contribution is 1.96. The molecule has 0 unspecified atom stereocenters. The highest BCUT2D eigenvalue weighted by molar-refractivity contribution is 5.43. The van der Waals surface area contributed by atoms with E-state index in [1.54, 1.807) is 12.3 Å². The molecule has 11 heavy (non-hydrogen) atoms. The summed E-state index contributed by atoms with van der Waals surface area (Å²) in [5.41, 5.74) is 0.891. The van der Waals surface area contributed by atoms with E-state index in [1.807, 2.05) is 30.3 Å². The topological polar surface area (TPSA) is 36.7 Å². The largest absolute Gasteiger partial charge is 0.257 e. The molecule has 0 bridgehead atoms. The van der Waals surface area contributed by atoms with Gasteiger partial charge in [0.05, 0.1) is 18.2 Å². The van der Waals surface area contributed by atoms with Crippen LogP contribution in [-0.4, -0.2) is 4.98 Å². The molecule has 0 aliphatic rings. The molecule has 0 N–H and O–H groups in total. The van der Waals surface area contributed by atoms with Crippen molar-refractivity contribution in [1.29, 1.82) is 5.26 Å². The molecule has 2 nitrogen and oxygen atoms in total. The molecule has 0 fully saturated rings. The molecule has 0 amide bonds. The summed E-state index contributed by atoms with van der Waals surface area (Å²) in [5.74, 6) is 0. The van der Waals surface area contributed by atoms with E-state index < -0.39 is 0 Å². The molecule has 0 aliphatic carbocycles. The van der Waals surface area contributed by atoms with Gasteiger partial charge >= 0.3 is 0 Å². The van der Waals surface area contributed by atoms with Crippen molar-refractivity contribution < 1.29 is 0 Å². The number of hydrogen-bond donors (Lipinski definition) is 0. The van der Waals surface area contributed by atoms with Crippen molar-refractivity contribution in [2.24, 2.45) is 0 Å². The summed E-state index contributed by atoms with van der Waals surface area (Å²) in [6.45, 7) is 0. The van der Waals surface area contributed by atoms with Gasteiger partial charge in [-0.2, -0.15) is 5.26 Å². The third-order valence-electron chi connectivity index (χ3n) is 1.19. The molecule has 0 spiro atoms. The molecular weight excluding hydrogens is 136 g/mol. The van der Waals surface area contributed by atoms with Gasteiger partial charge in [-0.25, -0.2) is 0 Å². The van der Waals surface area contributed by atoms with Crippen LogP contribution in [0.25, 0.3) is 6.08 Å². The zero-order chi connectivity index (χ0) is 7.94. The molecule has 54 valence electrons. The van der Waals surface area contributed by atoms with Crippen LogP contribution in [0.3, 0.4) is 0 Å². The van der Waals surface area contributed by atoms with Gasteiger partial charge < -0.3 is 0 Å². The van der Waals surface area contributed by atoms with E-state index in [1.165, 1.54) is 0 Å². The first-order valence-corrected chi connectivity index (χ1v) is 3.38. The van der Waals surface area contributed by atoms with Crippen LogP contribution in [0.4, 0.5) is 0 Å². The van der Waals surface area contributed by atoms with Crippen molar-refractivity contribution >= 4 is 6.08 Å². The van der Waals surface area contributed by atoms with Crippen molar-refractivity contribution in [2.45, 2.75) is 6.42 Å². The Hall–Kier alpha value is -1.62. The number of nitrogens with zero attached hydrogens (tertiary/aromatic N) is 2. The molecule has 1 rings (SSSR count). The van der Waals surface area contributed by atoms with Crippen LogP contribution in [0.2, 0.25) is 0 Å². The SMILES string of the molecule is N#CCC=Cc1ccccn1. The van der Waals surface area contributed by atoms with Crippen LogP contribution < -0.4 is 0 Å². The molecule has 1 aromatic rings. The Labute approximate surface area is 65.8 Å². The van der Waals surface area contributed by atoms with Gasteiger partial charge in [0.1, 0.15) is 0 Å². The fourth-order valence-corrected chi connectivity index (χ4v) is 0.707. The van der Waals surface area contributed by atoms with Crippen molar-refractivity contribution in [3.8, 4) is 6.07 Å². The average molecular weight is 144 g/mol. The van der Waals surface area contributed by atoms with Gasteiger partial charge in [0.2, 0.25) is 0 Å². The Bertz CT molecular complexity index is 269. The zero-order valence-electron chi connectivity index (χ0n) is 6.07. The monoisotopic (exact) mass is 144 g/mol. The molecule has 0 aromatic carbocycles. The molecular formula is C9H8N2. The fourth-order valence-electron chi connectivity index (χ4n) is 0.707. The Balaban J connectivity index is 2.59. The number of rotatable bonds is 2. The van der Waals surface area contributed by atoms with Crippen LogP contribution in [-0.2, 0) is 0 Å². The Morgan fingerprint density at radius 3 is 3.09 bits per heavy atom. The number of allylic oxidation sites excluding steroid dienone is 1. The maximum atomic E-state index is 8.22. The normalized spacial score (nSPS) is 9.73. The Morgan fingerprint density at radius 1 is 1.55 bits per heavy atom. The van der Waals surface area contributed by atoms with Gasteiger partial charge in [-0.05, 0) is 18.2 Å². The first-order valence-electron chi connectivity index (χ1n) is 3.38. The molecule has 2 heteroatoms. The van der Waals surface area contributed by atoms with E-state index in [0.717, 1.165) is 5.69 Å². The minimum Gasteiger partial charge on any atom is -0.257 e. The van der Waals surface area contributed by atoms with E-state index >= 15 is 0 Å². The lowest BCUT2D eigenvalue weighted by atomic mass is 10.3. The number of nitriles is 1. The Kier molecular flexibility index (Phi) is 2.88. The van der Waals surface area contributed by atoms with Gasteiger partial charge in [0, 0.05) is 6.20 Å². The maximum Gasteiger partial charge on any atom is 0.0663 e. The van der Waals surface area contributed by atoms with E-state index in [-0.39, 0.29) is 0 Å². The van der Waals surface area contributed by atoms with Crippen molar-refractivity contribution in [3.05, 3.63) is 36.2 Å². The van der Waals surface area contributed by atoms with Crippen LogP contribution in [0.15, 0.2) is 30.5 Å². The number of aromatic nitrogens is 1. The zero-order valence-corrected chi connectivity index (χ0v) is 6.07. The average Bonchev–Trinajstić information content (AvgIpc) is 2.07. The van der Waals surface area contributed by atoms with Gasteiger partial charge in [-0.3, -0.25) is 4.98 Å². The standard InChI is InChI=1S/C9H8N2/c10-7-3-1-5-9-6-2-4-8-11-9/h1-2,4-6,8H,3H2. The quantitative estimate of drug-likeness (QED) is 0.636. The summed E-state index contributed by atoms with van der Waals surface area (Å²) in [6.07, 6.45) is 5.80. The summed E-state index contributed by atoms with van der Waals surface area (Å²) in [6, 6.07) is 7.70. The number of hydrogen-bond acceptors (Lipinski definition) is 2. The van der Waals surface area contributed by atoms with E-state index in [2.05, 4.69) is 4.98 Å². The van der Waals surface area contributed by atoms with Gasteiger partial charge in [0.25, 0.3) is 0 Å². The van der Waals surface area contributed by atoms with Gasteiger partial charge in [-0.15, -0.1) is 0 Å². The van der Waals surface area contributed by atoms with Crippen LogP contribution >= 0.6 is 0 Å². The third-order valence-corrected chi connectivity index (χ3v) is 1.19. The summed E-state index contributed by atoms with van der Waals surface area (Å²) >= 11 is 0. The smallest absolute Gasteiger partial charge is 0.0663 e. The fraction of sp³-hybridized carbons (Fsp3) is 0.111. The summed E-state index contributed by atoms with van der Waals surface area (Å²) in [7, 11) is 0. The molecule has 1 aromatic heterocycles. The third kappa shape index (κ3) is 2.63. The molecule has 0 saturated heterocycles. The highest BCUT2D eigenvalue weighted by atomic mass is 14.6. The molecule has 0 atom stereocenters. The summed E-state index contributed by atoms with van der Waals surface area (Å²) in [4.78, 5) is 4.05. The molecule has 1 heterocycles. The number of pyridine rings is 1. The second kappa shape index (κ2) is 4.24. The predicted octanol–water partition coefficient (Wildman–Crippen LogP) is 2.01. The minimum atomic E-state index is 0.441. The minimum absolute atomic E-state index is 0.441. The second-order valence-electron chi connectivity index (χ2n) is 2.02. The van der Waals surface area contributed by atoms with Crippen LogP contribution in [0.5, 0.6) is 0 Å². The van der Waals surface area contributed by atoms with Gasteiger partial charge in [0.15, 0.2) is 0 Å². The van der Waals surface area contributed by atoms with Crippen LogP contribution in [0, 0.1) is 11.3 Å². The lowest BCUT2D eigenvalue weighted by Crippen LogP contribution is -1.75. The van der Waals surface area contributed by atoms with E-state index in [0.29, 0.717) is 6.42 Å². The molecule has 0 aliphatic heterocycles. The van der Waals surface area contributed by atoms with Crippen LogP contribution in [0.1, 0.15) is 12.1 Å². The first kappa shape index (κ1) is 7.49. The first-order chi connectivity index (χ1) is 5.43. The lowest BCUT2D eigenvalue weighted by molar-refractivity contribution is 1.29. The highest BCUT2D eigenvalue weighted by Gasteiger charge is 1.81. The summed E-state index contributed by atoms with van der Waals surface area (Å²) in [5, 5.41) is 8.22. The van der Waals surface area contributed by atoms with Crippen molar-refractivity contribution in [1.82, 2.24) is 4.98 Å². The molecule has 0 saturated carbocycles. The lowest BCUT2D eigenvalue weighted by Gasteiger charge is -1.87. The molecule has 0 radical (unpaired) electrons. The van der Waals surface area contributed by atoms with Gasteiger partial charge in [-0.1, -0.05) is 12.1 Å². The van der Waals surface area contributed by atoms with E-state index in [9.17, 15) is 0 Å². The second-order valence-corrected chi connectivity index (χ2v) is 2.02.